The van der Waals surface area contributed by atoms with Crippen LogP contribution in [0.4, 0.5) is 18.9 Å². The summed E-state index contributed by atoms with van der Waals surface area (Å²) in [4.78, 5) is 15.9. The van der Waals surface area contributed by atoms with E-state index in [1.165, 1.54) is 5.69 Å². The Morgan fingerprint density at radius 1 is 1.11 bits per heavy atom. The Hall–Kier alpha value is -2.55. The topological polar surface area (TPSA) is 57.8 Å². The Morgan fingerprint density at radius 3 is 2.18 bits per heavy atom. The van der Waals surface area contributed by atoms with Gasteiger partial charge >= 0.3 is 12.1 Å². The number of carboxylic acid groups (broad SMARTS) is 1. The second-order valence-electron chi connectivity index (χ2n) is 5.76. The van der Waals surface area contributed by atoms with E-state index >= 15 is 0 Å². The summed E-state index contributed by atoms with van der Waals surface area (Å²) in [5.41, 5.74) is 4.36. The van der Waals surface area contributed by atoms with E-state index < -0.39 is 12.1 Å². The number of aromatic nitrogens is 2. The minimum Gasteiger partial charge on any atom is -0.475 e. The molecule has 2 heterocycles. The Balaban J connectivity index is 0.000000345. The van der Waals surface area contributed by atoms with Gasteiger partial charge in [-0.1, -0.05) is 12.1 Å². The molecule has 9 heteroatoms. The van der Waals surface area contributed by atoms with Gasteiger partial charge in [0.2, 0.25) is 0 Å². The predicted molar refractivity (Wildman–Crippen MR) is 106 cm³/mol. The Kier molecular flexibility index (Phi) is 7.06. The van der Waals surface area contributed by atoms with Gasteiger partial charge in [0.05, 0.1) is 5.69 Å². The highest BCUT2D eigenvalue weighted by Crippen LogP contribution is 2.24. The van der Waals surface area contributed by atoms with Crippen molar-refractivity contribution < 1.29 is 23.1 Å². The highest BCUT2D eigenvalue weighted by molar-refractivity contribution is 9.10. The number of alkyl halides is 3. The first-order valence-corrected chi connectivity index (χ1v) is 9.24. The van der Waals surface area contributed by atoms with Crippen molar-refractivity contribution in [3.05, 3.63) is 53.3 Å². The molecule has 5 nitrogen and oxygen atoms in total. The number of benzene rings is 1. The van der Waals surface area contributed by atoms with Crippen LogP contribution in [0.15, 0.2) is 53.3 Å². The quantitative estimate of drug-likeness (QED) is 0.581. The fourth-order valence-corrected chi connectivity index (χ4v) is 2.89. The fraction of sp³-hybridized carbons (Fsp3) is 0.263. The number of rotatable bonds is 4. The number of aliphatic carboxylic acids is 1. The van der Waals surface area contributed by atoms with E-state index in [0.29, 0.717) is 0 Å². The van der Waals surface area contributed by atoms with Crippen LogP contribution in [0.3, 0.4) is 0 Å². The number of hydrogen-bond acceptors (Lipinski definition) is 3. The minimum atomic E-state index is -5.08. The van der Waals surface area contributed by atoms with Gasteiger partial charge in [0.15, 0.2) is 0 Å². The van der Waals surface area contributed by atoms with Gasteiger partial charge in [0.1, 0.15) is 5.65 Å². The number of fused-ring (bicyclic) bond motifs is 1. The number of imidazole rings is 1. The van der Waals surface area contributed by atoms with Gasteiger partial charge < -0.3 is 14.4 Å². The Labute approximate surface area is 168 Å². The van der Waals surface area contributed by atoms with Crippen LogP contribution in [-0.2, 0) is 4.79 Å². The number of halogens is 4. The van der Waals surface area contributed by atoms with E-state index in [-0.39, 0.29) is 0 Å². The summed E-state index contributed by atoms with van der Waals surface area (Å²) in [5, 5.41) is 7.12. The standard InChI is InChI=1S/C17H18BrN3.C2HF3O2/c1-3-20(4-2)15-8-5-13(6-9-15)16-12-21-11-14(18)7-10-17(21)19-16;3-2(4,5)1(6)7/h5-12H,3-4H2,1-2H3;(H,6,7). The van der Waals surface area contributed by atoms with Crippen molar-refractivity contribution in [2.75, 3.05) is 18.0 Å². The highest BCUT2D eigenvalue weighted by atomic mass is 79.9. The summed E-state index contributed by atoms with van der Waals surface area (Å²) in [5.74, 6) is -2.76. The predicted octanol–water partition coefficient (Wildman–Crippen LogP) is 5.24. The minimum absolute atomic E-state index is 0.959. The van der Waals surface area contributed by atoms with Crippen molar-refractivity contribution in [2.24, 2.45) is 0 Å². The molecule has 0 spiro atoms. The van der Waals surface area contributed by atoms with E-state index in [1.54, 1.807) is 0 Å². The molecular formula is C19H19BrF3N3O2. The second-order valence-corrected chi connectivity index (χ2v) is 6.68. The first-order chi connectivity index (χ1) is 13.2. The zero-order valence-electron chi connectivity index (χ0n) is 15.2. The SMILES string of the molecule is CCN(CC)c1ccc(-c2cn3cc(Br)ccc3n2)cc1.O=C(O)C(F)(F)F. The largest absolute Gasteiger partial charge is 0.490 e. The van der Waals surface area contributed by atoms with Gasteiger partial charge in [-0.3, -0.25) is 0 Å². The van der Waals surface area contributed by atoms with Crippen LogP contribution in [0.2, 0.25) is 0 Å². The Morgan fingerprint density at radius 2 is 1.68 bits per heavy atom. The lowest BCUT2D eigenvalue weighted by Crippen LogP contribution is -2.21. The van der Waals surface area contributed by atoms with Crippen molar-refractivity contribution in [3.63, 3.8) is 0 Å². The monoisotopic (exact) mass is 457 g/mol. The molecule has 1 N–H and O–H groups in total. The highest BCUT2D eigenvalue weighted by Gasteiger charge is 2.38. The van der Waals surface area contributed by atoms with Crippen LogP contribution in [0.25, 0.3) is 16.9 Å². The molecular weight excluding hydrogens is 439 g/mol. The van der Waals surface area contributed by atoms with E-state index in [2.05, 4.69) is 70.1 Å². The van der Waals surface area contributed by atoms with Crippen LogP contribution < -0.4 is 4.90 Å². The molecule has 28 heavy (non-hydrogen) atoms. The van der Waals surface area contributed by atoms with Crippen LogP contribution in [0, 0.1) is 0 Å². The van der Waals surface area contributed by atoms with Gasteiger partial charge in [-0.2, -0.15) is 13.2 Å². The average molecular weight is 458 g/mol. The third-order valence-corrected chi connectivity index (χ3v) is 4.42. The summed E-state index contributed by atoms with van der Waals surface area (Å²) in [6.45, 7) is 6.41. The lowest BCUT2D eigenvalue weighted by atomic mass is 10.1. The summed E-state index contributed by atoms with van der Waals surface area (Å²) in [6, 6.07) is 12.6. The van der Waals surface area contributed by atoms with Crippen molar-refractivity contribution in [2.45, 2.75) is 20.0 Å². The molecule has 3 rings (SSSR count). The van der Waals surface area contributed by atoms with Crippen molar-refractivity contribution in [1.29, 1.82) is 0 Å². The molecule has 0 atom stereocenters. The molecule has 0 aliphatic carbocycles. The van der Waals surface area contributed by atoms with E-state index in [4.69, 9.17) is 9.90 Å². The number of carbonyl (C=O) groups is 1. The molecule has 0 unspecified atom stereocenters. The van der Waals surface area contributed by atoms with Gasteiger partial charge in [-0.25, -0.2) is 9.78 Å². The first kappa shape index (κ1) is 21.7. The number of hydrogen-bond donors (Lipinski definition) is 1. The average Bonchev–Trinajstić information content (AvgIpc) is 3.06. The van der Waals surface area contributed by atoms with E-state index in [1.807, 2.05) is 22.7 Å². The number of carboxylic acids is 1. The smallest absolute Gasteiger partial charge is 0.475 e. The maximum atomic E-state index is 10.6. The zero-order chi connectivity index (χ0) is 20.9. The molecule has 1 aromatic carbocycles. The maximum Gasteiger partial charge on any atom is 0.490 e. The number of pyridine rings is 1. The van der Waals surface area contributed by atoms with Crippen molar-refractivity contribution >= 4 is 33.2 Å². The fourth-order valence-electron chi connectivity index (χ4n) is 2.54. The van der Waals surface area contributed by atoms with Gasteiger partial charge in [0.25, 0.3) is 0 Å². The molecule has 0 aliphatic rings. The normalized spacial score (nSPS) is 11.1. The molecule has 0 amide bonds. The molecule has 0 radical (unpaired) electrons. The molecule has 150 valence electrons. The first-order valence-electron chi connectivity index (χ1n) is 8.45. The third kappa shape index (κ3) is 5.48. The van der Waals surface area contributed by atoms with Crippen LogP contribution >= 0.6 is 15.9 Å². The third-order valence-electron chi connectivity index (χ3n) is 3.95. The van der Waals surface area contributed by atoms with Crippen molar-refractivity contribution in [1.82, 2.24) is 9.38 Å². The Bertz CT molecular complexity index is 936. The van der Waals surface area contributed by atoms with E-state index in [0.717, 1.165) is 34.5 Å². The molecule has 3 aromatic rings. The van der Waals surface area contributed by atoms with Crippen LogP contribution in [-0.4, -0.2) is 39.7 Å². The van der Waals surface area contributed by atoms with Crippen molar-refractivity contribution in [3.8, 4) is 11.3 Å². The summed E-state index contributed by atoms with van der Waals surface area (Å²) in [6.07, 6.45) is -0.997. The molecule has 2 aromatic heterocycles. The van der Waals surface area contributed by atoms with E-state index in [9.17, 15) is 13.2 Å². The zero-order valence-corrected chi connectivity index (χ0v) is 16.8. The summed E-state index contributed by atoms with van der Waals surface area (Å²) < 4.78 is 34.8. The lowest BCUT2D eigenvalue weighted by molar-refractivity contribution is -0.192. The lowest BCUT2D eigenvalue weighted by Gasteiger charge is -2.20. The van der Waals surface area contributed by atoms with Gasteiger partial charge in [-0.15, -0.1) is 0 Å². The molecule has 0 saturated carbocycles. The summed E-state index contributed by atoms with van der Waals surface area (Å²) in [7, 11) is 0. The van der Waals surface area contributed by atoms with Crippen LogP contribution in [0.1, 0.15) is 13.8 Å². The summed E-state index contributed by atoms with van der Waals surface area (Å²) >= 11 is 3.49. The molecule has 0 bridgehead atoms. The maximum absolute atomic E-state index is 10.6. The number of anilines is 1. The van der Waals surface area contributed by atoms with Gasteiger partial charge in [-0.05, 0) is 54.0 Å². The van der Waals surface area contributed by atoms with Crippen LogP contribution in [0.5, 0.6) is 0 Å². The molecule has 0 fully saturated rings. The van der Waals surface area contributed by atoms with Gasteiger partial charge in [0, 0.05) is 41.2 Å². The number of nitrogens with zero attached hydrogens (tertiary/aromatic N) is 3. The second kappa shape index (κ2) is 9.09. The molecule has 0 saturated heterocycles. The molecule has 0 aliphatic heterocycles.